The standard InChI is InChI=1S/C21H28O3Si/c1-21(2,3)25(4,5)24-19-13-11-17(12-14-19)15-20(22)23-16-18-9-7-6-8-10-18/h6-14H,15-16H2,1-5H3. The van der Waals surface area contributed by atoms with E-state index in [2.05, 4.69) is 33.9 Å². The first-order valence-corrected chi connectivity index (χ1v) is 11.6. The summed E-state index contributed by atoms with van der Waals surface area (Å²) in [4.78, 5) is 12.0. The Morgan fingerprint density at radius 3 is 2.08 bits per heavy atom. The van der Waals surface area contributed by atoms with Crippen molar-refractivity contribution in [3.8, 4) is 5.75 Å². The number of rotatable bonds is 6. The first kappa shape index (κ1) is 19.3. The van der Waals surface area contributed by atoms with Gasteiger partial charge in [-0.05, 0) is 41.4 Å². The van der Waals surface area contributed by atoms with Gasteiger partial charge in [-0.3, -0.25) is 4.79 Å². The zero-order chi connectivity index (χ0) is 18.5. The summed E-state index contributed by atoms with van der Waals surface area (Å²) in [6, 6.07) is 17.5. The van der Waals surface area contributed by atoms with Gasteiger partial charge in [-0.25, -0.2) is 0 Å². The molecule has 0 heterocycles. The van der Waals surface area contributed by atoms with E-state index in [0.717, 1.165) is 16.9 Å². The maximum atomic E-state index is 12.0. The summed E-state index contributed by atoms with van der Waals surface area (Å²) in [7, 11) is -1.84. The third-order valence-corrected chi connectivity index (χ3v) is 9.05. The van der Waals surface area contributed by atoms with Crippen LogP contribution in [0.4, 0.5) is 0 Å². The second kappa shape index (κ2) is 7.87. The highest BCUT2D eigenvalue weighted by Crippen LogP contribution is 2.37. The summed E-state index contributed by atoms with van der Waals surface area (Å²) in [5.41, 5.74) is 1.93. The van der Waals surface area contributed by atoms with Gasteiger partial charge in [0.25, 0.3) is 0 Å². The molecular formula is C21H28O3Si. The van der Waals surface area contributed by atoms with Crippen molar-refractivity contribution in [3.63, 3.8) is 0 Å². The topological polar surface area (TPSA) is 35.5 Å². The lowest BCUT2D eigenvalue weighted by Gasteiger charge is -2.36. The zero-order valence-electron chi connectivity index (χ0n) is 15.8. The lowest BCUT2D eigenvalue weighted by molar-refractivity contribution is -0.144. The third-order valence-electron chi connectivity index (χ3n) is 4.69. The van der Waals surface area contributed by atoms with E-state index in [9.17, 15) is 4.79 Å². The average molecular weight is 357 g/mol. The van der Waals surface area contributed by atoms with Crippen LogP contribution in [0.1, 0.15) is 31.9 Å². The van der Waals surface area contributed by atoms with Gasteiger partial charge < -0.3 is 9.16 Å². The number of benzene rings is 2. The van der Waals surface area contributed by atoms with E-state index >= 15 is 0 Å². The van der Waals surface area contributed by atoms with Gasteiger partial charge in [0.2, 0.25) is 8.32 Å². The molecule has 0 aliphatic rings. The quantitative estimate of drug-likeness (QED) is 0.516. The van der Waals surface area contributed by atoms with Crippen LogP contribution in [0.25, 0.3) is 0 Å². The summed E-state index contributed by atoms with van der Waals surface area (Å²) in [6.45, 7) is 11.4. The van der Waals surface area contributed by atoms with E-state index in [1.54, 1.807) is 0 Å². The van der Waals surface area contributed by atoms with Crippen LogP contribution in [0.5, 0.6) is 5.75 Å². The fraction of sp³-hybridized carbons (Fsp3) is 0.381. The van der Waals surface area contributed by atoms with Crippen LogP contribution in [0.3, 0.4) is 0 Å². The van der Waals surface area contributed by atoms with Crippen molar-refractivity contribution in [1.29, 1.82) is 0 Å². The Kier molecular flexibility index (Phi) is 6.06. The minimum atomic E-state index is -1.84. The molecule has 0 aliphatic carbocycles. The molecule has 0 atom stereocenters. The van der Waals surface area contributed by atoms with Crippen LogP contribution >= 0.6 is 0 Å². The lowest BCUT2D eigenvalue weighted by atomic mass is 10.1. The second-order valence-corrected chi connectivity index (χ2v) is 12.6. The molecule has 0 unspecified atom stereocenters. The molecule has 0 aromatic heterocycles. The highest BCUT2D eigenvalue weighted by atomic mass is 28.4. The summed E-state index contributed by atoms with van der Waals surface area (Å²) >= 11 is 0. The lowest BCUT2D eigenvalue weighted by Crippen LogP contribution is -2.43. The van der Waals surface area contributed by atoms with Crippen LogP contribution in [-0.2, 0) is 22.6 Å². The van der Waals surface area contributed by atoms with Gasteiger partial charge in [-0.2, -0.15) is 0 Å². The molecule has 4 heteroatoms. The molecule has 0 saturated heterocycles. The highest BCUT2D eigenvalue weighted by Gasteiger charge is 2.38. The number of hydrogen-bond acceptors (Lipinski definition) is 3. The second-order valence-electron chi connectivity index (χ2n) is 7.83. The van der Waals surface area contributed by atoms with Crippen molar-refractivity contribution >= 4 is 14.3 Å². The van der Waals surface area contributed by atoms with Gasteiger partial charge in [-0.15, -0.1) is 0 Å². The molecule has 3 nitrogen and oxygen atoms in total. The number of esters is 1. The largest absolute Gasteiger partial charge is 0.544 e. The van der Waals surface area contributed by atoms with Gasteiger partial charge >= 0.3 is 5.97 Å². The SMILES string of the molecule is CC(C)(C)[Si](C)(C)Oc1ccc(CC(=O)OCc2ccccc2)cc1. The predicted octanol–water partition coefficient (Wildman–Crippen LogP) is 5.36. The van der Waals surface area contributed by atoms with Crippen LogP contribution in [0.15, 0.2) is 54.6 Å². The normalized spacial score (nSPS) is 11.9. The molecule has 0 fully saturated rings. The van der Waals surface area contributed by atoms with Gasteiger partial charge in [0.05, 0.1) is 6.42 Å². The number of hydrogen-bond donors (Lipinski definition) is 0. The molecule has 0 saturated carbocycles. The molecule has 0 aliphatic heterocycles. The Morgan fingerprint density at radius 2 is 1.52 bits per heavy atom. The first-order valence-electron chi connectivity index (χ1n) is 8.65. The Hall–Kier alpha value is -2.07. The van der Waals surface area contributed by atoms with Crippen LogP contribution < -0.4 is 4.43 Å². The Morgan fingerprint density at radius 1 is 0.920 bits per heavy atom. The van der Waals surface area contributed by atoms with E-state index in [1.165, 1.54) is 0 Å². The van der Waals surface area contributed by atoms with Crippen molar-refractivity contribution in [3.05, 3.63) is 65.7 Å². The maximum absolute atomic E-state index is 12.0. The maximum Gasteiger partial charge on any atom is 0.310 e. The van der Waals surface area contributed by atoms with E-state index in [-0.39, 0.29) is 17.4 Å². The molecule has 0 N–H and O–H groups in total. The van der Waals surface area contributed by atoms with Crippen molar-refractivity contribution in [2.24, 2.45) is 0 Å². The minimum Gasteiger partial charge on any atom is -0.544 e. The molecule has 2 aromatic rings. The fourth-order valence-corrected chi connectivity index (χ4v) is 3.11. The van der Waals surface area contributed by atoms with Crippen LogP contribution in [0.2, 0.25) is 18.1 Å². The van der Waals surface area contributed by atoms with E-state index < -0.39 is 8.32 Å². The summed E-state index contributed by atoms with van der Waals surface area (Å²) in [6.07, 6.45) is 0.271. The molecule has 2 aromatic carbocycles. The van der Waals surface area contributed by atoms with Crippen molar-refractivity contribution in [2.45, 2.75) is 51.9 Å². The zero-order valence-corrected chi connectivity index (χ0v) is 16.8. The molecular weight excluding hydrogens is 328 g/mol. The number of ether oxygens (including phenoxy) is 1. The highest BCUT2D eigenvalue weighted by molar-refractivity contribution is 6.74. The van der Waals surface area contributed by atoms with Crippen LogP contribution in [0, 0.1) is 0 Å². The predicted molar refractivity (Wildman–Crippen MR) is 104 cm³/mol. The molecule has 134 valence electrons. The number of carbonyl (C=O) groups is 1. The summed E-state index contributed by atoms with van der Waals surface area (Å²) in [5, 5.41) is 0.160. The summed E-state index contributed by atoms with van der Waals surface area (Å²) in [5.74, 6) is 0.648. The first-order chi connectivity index (χ1) is 11.7. The van der Waals surface area contributed by atoms with E-state index in [4.69, 9.17) is 9.16 Å². The Balaban J connectivity index is 1.88. The molecule has 2 rings (SSSR count). The molecule has 0 amide bonds. The van der Waals surface area contributed by atoms with Crippen molar-refractivity contribution < 1.29 is 14.0 Å². The fourth-order valence-electron chi connectivity index (χ4n) is 2.08. The number of carbonyl (C=O) groups excluding carboxylic acids is 1. The van der Waals surface area contributed by atoms with Crippen LogP contribution in [-0.4, -0.2) is 14.3 Å². The minimum absolute atomic E-state index is 0.160. The van der Waals surface area contributed by atoms with Crippen molar-refractivity contribution in [2.75, 3.05) is 0 Å². The molecule has 0 radical (unpaired) electrons. The van der Waals surface area contributed by atoms with E-state index in [0.29, 0.717) is 6.61 Å². The molecule has 25 heavy (non-hydrogen) atoms. The smallest absolute Gasteiger partial charge is 0.310 e. The van der Waals surface area contributed by atoms with Gasteiger partial charge in [0.1, 0.15) is 12.4 Å². The Bertz CT molecular complexity index is 685. The summed E-state index contributed by atoms with van der Waals surface area (Å²) < 4.78 is 11.6. The Labute approximate surface area is 152 Å². The monoisotopic (exact) mass is 356 g/mol. The molecule has 0 bridgehead atoms. The van der Waals surface area contributed by atoms with Gasteiger partial charge in [-0.1, -0.05) is 63.2 Å². The average Bonchev–Trinajstić information content (AvgIpc) is 2.54. The van der Waals surface area contributed by atoms with Gasteiger partial charge in [0, 0.05) is 0 Å². The van der Waals surface area contributed by atoms with Gasteiger partial charge in [0.15, 0.2) is 0 Å². The molecule has 0 spiro atoms. The third kappa shape index (κ3) is 5.75. The van der Waals surface area contributed by atoms with Crippen molar-refractivity contribution in [1.82, 2.24) is 0 Å². The van der Waals surface area contributed by atoms with E-state index in [1.807, 2.05) is 54.6 Å².